The molecule has 6 nitrogen and oxygen atoms in total. The molecule has 178 valence electrons. The number of amides is 1. The highest BCUT2D eigenvalue weighted by molar-refractivity contribution is 7.81. The molecule has 2 aromatic rings. The Morgan fingerprint density at radius 3 is 2.29 bits per heavy atom. The number of anilines is 2. The van der Waals surface area contributed by atoms with Crippen LogP contribution in [-0.2, 0) is 11.0 Å². The molecule has 4 rings (SSSR count). The van der Waals surface area contributed by atoms with Crippen LogP contribution in [0.4, 0.5) is 24.5 Å². The number of carbonyl (C=O) groups excluding carboxylic acids is 1. The maximum atomic E-state index is 13.9. The number of hydrogen-bond donors (Lipinski definition) is 0. The Kier molecular flexibility index (Phi) is 6.27. The van der Waals surface area contributed by atoms with Gasteiger partial charge in [0.05, 0.1) is 29.5 Å². The van der Waals surface area contributed by atoms with Gasteiger partial charge in [-0.05, 0) is 81.5 Å². The minimum absolute atomic E-state index is 0.00642. The van der Waals surface area contributed by atoms with Gasteiger partial charge in [-0.1, -0.05) is 0 Å². The maximum absolute atomic E-state index is 13.9. The van der Waals surface area contributed by atoms with Crippen LogP contribution < -0.4 is 14.5 Å². The van der Waals surface area contributed by atoms with Crippen molar-refractivity contribution in [3.63, 3.8) is 0 Å². The number of benzene rings is 2. The molecular formula is C24H23F3N4O2S. The van der Waals surface area contributed by atoms with Crippen LogP contribution in [0.2, 0.25) is 0 Å². The zero-order chi connectivity index (χ0) is 24.7. The van der Waals surface area contributed by atoms with Crippen molar-refractivity contribution in [3.05, 3.63) is 53.6 Å². The van der Waals surface area contributed by atoms with E-state index >= 15 is 0 Å². The molecule has 0 unspecified atom stereocenters. The number of piperidine rings is 1. The second-order valence-corrected chi connectivity index (χ2v) is 8.72. The van der Waals surface area contributed by atoms with Gasteiger partial charge in [0.2, 0.25) is 0 Å². The Hall–Kier alpha value is -3.16. The molecule has 0 bridgehead atoms. The standard InChI is InChI=1S/C24H23F3N4O2S/c1-3-33-19-8-6-17(7-9-19)31-22(34)30(21(32)23(31)10-12-29(2)13-11-23)18-5-4-16(15-28)20(14-18)24(25,26)27/h4-9,14H,3,10-13H2,1-2H3. The van der Waals surface area contributed by atoms with Gasteiger partial charge in [-0.15, -0.1) is 0 Å². The summed E-state index contributed by atoms with van der Waals surface area (Å²) in [6.45, 7) is 3.65. The third-order valence-corrected chi connectivity index (χ3v) is 6.68. The van der Waals surface area contributed by atoms with Gasteiger partial charge < -0.3 is 14.5 Å². The molecule has 2 heterocycles. The lowest BCUT2D eigenvalue weighted by molar-refractivity contribution is -0.137. The fraction of sp³-hybridized carbons (Fsp3) is 0.375. The fourth-order valence-corrected chi connectivity index (χ4v) is 5.01. The van der Waals surface area contributed by atoms with E-state index in [0.717, 1.165) is 12.1 Å². The van der Waals surface area contributed by atoms with Crippen LogP contribution in [0, 0.1) is 11.3 Å². The number of likely N-dealkylation sites (tertiary alicyclic amines) is 1. The van der Waals surface area contributed by atoms with Crippen molar-refractivity contribution in [1.82, 2.24) is 4.90 Å². The molecule has 1 spiro atoms. The summed E-state index contributed by atoms with van der Waals surface area (Å²) in [4.78, 5) is 18.9. The van der Waals surface area contributed by atoms with Crippen LogP contribution in [0.3, 0.4) is 0 Å². The number of nitrogens with zero attached hydrogens (tertiary/aromatic N) is 4. The summed E-state index contributed by atoms with van der Waals surface area (Å²) in [7, 11) is 1.96. The zero-order valence-electron chi connectivity index (χ0n) is 18.7. The predicted molar refractivity (Wildman–Crippen MR) is 126 cm³/mol. The van der Waals surface area contributed by atoms with Crippen LogP contribution in [0.15, 0.2) is 42.5 Å². The molecule has 2 aliphatic heterocycles. The van der Waals surface area contributed by atoms with Crippen molar-refractivity contribution in [3.8, 4) is 11.8 Å². The molecule has 2 saturated heterocycles. The largest absolute Gasteiger partial charge is 0.494 e. The quantitative estimate of drug-likeness (QED) is 0.588. The lowest BCUT2D eigenvalue weighted by Crippen LogP contribution is -2.56. The first-order valence-electron chi connectivity index (χ1n) is 10.8. The molecule has 2 aromatic carbocycles. The molecule has 0 aromatic heterocycles. The van der Waals surface area contributed by atoms with Crippen LogP contribution in [-0.4, -0.2) is 48.2 Å². The van der Waals surface area contributed by atoms with Crippen molar-refractivity contribution < 1.29 is 22.7 Å². The van der Waals surface area contributed by atoms with Crippen LogP contribution in [0.1, 0.15) is 30.9 Å². The summed E-state index contributed by atoms with van der Waals surface area (Å²) in [5.41, 5.74) is -1.96. The molecule has 0 saturated carbocycles. The highest BCUT2D eigenvalue weighted by Crippen LogP contribution is 2.44. The van der Waals surface area contributed by atoms with E-state index in [2.05, 4.69) is 4.90 Å². The normalized spacial score (nSPS) is 18.5. The third kappa shape index (κ3) is 3.99. The smallest absolute Gasteiger partial charge is 0.417 e. The Morgan fingerprint density at radius 1 is 1.12 bits per heavy atom. The van der Waals surface area contributed by atoms with Crippen molar-refractivity contribution in [2.24, 2.45) is 0 Å². The topological polar surface area (TPSA) is 59.8 Å². The first kappa shape index (κ1) is 24.0. The molecule has 0 atom stereocenters. The SMILES string of the molecule is CCOc1ccc(N2C(=S)N(c3ccc(C#N)c(C(F)(F)F)c3)C(=O)C23CCN(C)CC3)cc1. The van der Waals surface area contributed by atoms with Gasteiger partial charge in [-0.3, -0.25) is 9.69 Å². The highest BCUT2D eigenvalue weighted by Gasteiger charge is 2.57. The minimum Gasteiger partial charge on any atom is -0.494 e. The number of ether oxygens (including phenoxy) is 1. The second kappa shape index (κ2) is 8.89. The van der Waals surface area contributed by atoms with Crippen molar-refractivity contribution in [2.45, 2.75) is 31.5 Å². The van der Waals surface area contributed by atoms with Crippen LogP contribution in [0.5, 0.6) is 5.75 Å². The van der Waals surface area contributed by atoms with Gasteiger partial charge >= 0.3 is 6.18 Å². The molecule has 1 amide bonds. The number of thiocarbonyl (C=S) groups is 1. The zero-order valence-corrected chi connectivity index (χ0v) is 19.5. The van der Waals surface area contributed by atoms with E-state index in [0.29, 0.717) is 44.0 Å². The van der Waals surface area contributed by atoms with E-state index in [9.17, 15) is 18.0 Å². The lowest BCUT2D eigenvalue weighted by Gasteiger charge is -2.41. The van der Waals surface area contributed by atoms with E-state index in [4.69, 9.17) is 22.2 Å². The fourth-order valence-electron chi connectivity index (χ4n) is 4.55. The number of carbonyl (C=O) groups is 1. The molecule has 34 heavy (non-hydrogen) atoms. The van der Waals surface area contributed by atoms with E-state index in [1.54, 1.807) is 35.2 Å². The van der Waals surface area contributed by atoms with Gasteiger partial charge in [0, 0.05) is 18.8 Å². The molecule has 2 aliphatic rings. The summed E-state index contributed by atoms with van der Waals surface area (Å²) in [6.07, 6.45) is -3.81. The lowest BCUT2D eigenvalue weighted by atomic mass is 9.85. The van der Waals surface area contributed by atoms with E-state index in [1.165, 1.54) is 11.0 Å². The Labute approximate surface area is 201 Å². The summed E-state index contributed by atoms with van der Waals surface area (Å²) in [5.74, 6) is 0.302. The summed E-state index contributed by atoms with van der Waals surface area (Å²) < 4.78 is 46.4. The van der Waals surface area contributed by atoms with E-state index in [1.807, 2.05) is 14.0 Å². The second-order valence-electron chi connectivity index (χ2n) is 8.36. The summed E-state index contributed by atoms with van der Waals surface area (Å²) in [5, 5.41) is 9.25. The Balaban J connectivity index is 1.81. The van der Waals surface area contributed by atoms with Crippen LogP contribution in [0.25, 0.3) is 0 Å². The van der Waals surface area contributed by atoms with Gasteiger partial charge in [-0.2, -0.15) is 18.4 Å². The molecular weight excluding hydrogens is 465 g/mol. The number of hydrogen-bond acceptors (Lipinski definition) is 5. The van der Waals surface area contributed by atoms with Crippen LogP contribution >= 0.6 is 12.2 Å². The summed E-state index contributed by atoms with van der Waals surface area (Å²) >= 11 is 5.71. The van der Waals surface area contributed by atoms with Gasteiger partial charge in [0.1, 0.15) is 11.3 Å². The predicted octanol–water partition coefficient (Wildman–Crippen LogP) is 4.58. The number of nitriles is 1. The van der Waals surface area contributed by atoms with Gasteiger partial charge in [0.15, 0.2) is 5.11 Å². The van der Waals surface area contributed by atoms with E-state index < -0.39 is 22.8 Å². The third-order valence-electron chi connectivity index (χ3n) is 6.32. The van der Waals surface area contributed by atoms with Gasteiger partial charge in [-0.25, -0.2) is 0 Å². The molecule has 0 radical (unpaired) electrons. The monoisotopic (exact) mass is 488 g/mol. The van der Waals surface area contributed by atoms with Crippen molar-refractivity contribution >= 4 is 34.6 Å². The average Bonchev–Trinajstić information content (AvgIpc) is 3.01. The minimum atomic E-state index is -4.74. The van der Waals surface area contributed by atoms with Crippen molar-refractivity contribution in [2.75, 3.05) is 36.5 Å². The summed E-state index contributed by atoms with van der Waals surface area (Å²) in [6, 6.07) is 12.0. The highest BCUT2D eigenvalue weighted by atomic mass is 32.1. The number of alkyl halides is 3. The first-order chi connectivity index (χ1) is 16.1. The van der Waals surface area contributed by atoms with E-state index in [-0.39, 0.29) is 16.7 Å². The number of rotatable bonds is 4. The first-order valence-corrected chi connectivity index (χ1v) is 11.2. The molecule has 10 heteroatoms. The molecule has 0 N–H and O–H groups in total. The average molecular weight is 489 g/mol. The van der Waals surface area contributed by atoms with Gasteiger partial charge in [0.25, 0.3) is 5.91 Å². The Bertz CT molecular complexity index is 1150. The molecule has 0 aliphatic carbocycles. The number of halogens is 3. The van der Waals surface area contributed by atoms with Crippen molar-refractivity contribution in [1.29, 1.82) is 5.26 Å². The maximum Gasteiger partial charge on any atom is 0.417 e. The Morgan fingerprint density at radius 2 is 1.74 bits per heavy atom. The molecule has 2 fully saturated rings.